The summed E-state index contributed by atoms with van der Waals surface area (Å²) in [6.45, 7) is 0. The average Bonchev–Trinajstić information content (AvgIpc) is 3.03. The van der Waals surface area contributed by atoms with E-state index in [1.807, 2.05) is 4.68 Å². The fourth-order valence-electron chi connectivity index (χ4n) is 1.80. The van der Waals surface area contributed by atoms with Gasteiger partial charge >= 0.3 is 0 Å². The number of carbonyl (C=O) groups is 1. The molecule has 0 unspecified atom stereocenters. The highest BCUT2D eigenvalue weighted by atomic mass is 16.1. The van der Waals surface area contributed by atoms with Crippen LogP contribution in [0.1, 0.15) is 53.8 Å². The topological polar surface area (TPSA) is 73.8 Å². The maximum absolute atomic E-state index is 11.1. The predicted octanol–water partition coefficient (Wildman–Crippen LogP) is 0.589. The van der Waals surface area contributed by atoms with Gasteiger partial charge in [0.15, 0.2) is 5.69 Å². The molecule has 1 amide bonds. The van der Waals surface area contributed by atoms with Crippen molar-refractivity contribution in [3.8, 4) is 0 Å². The molecule has 2 aliphatic rings. The van der Waals surface area contributed by atoms with E-state index < -0.39 is 5.91 Å². The van der Waals surface area contributed by atoms with E-state index in [0.717, 1.165) is 31.4 Å². The lowest BCUT2D eigenvalue weighted by Crippen LogP contribution is -2.14. The second kappa shape index (κ2) is 2.56. The Hall–Kier alpha value is -1.39. The Morgan fingerprint density at radius 2 is 2.07 bits per heavy atom. The molecule has 14 heavy (non-hydrogen) atoms. The van der Waals surface area contributed by atoms with Gasteiger partial charge in [0.05, 0.1) is 11.7 Å². The van der Waals surface area contributed by atoms with Crippen LogP contribution in [-0.2, 0) is 0 Å². The fraction of sp³-hybridized carbons (Fsp3) is 0.667. The van der Waals surface area contributed by atoms with Gasteiger partial charge in [-0.2, -0.15) is 0 Å². The number of aromatic nitrogens is 3. The van der Waals surface area contributed by atoms with Crippen molar-refractivity contribution in [3.05, 3.63) is 11.4 Å². The Morgan fingerprint density at radius 1 is 1.36 bits per heavy atom. The Bertz CT molecular complexity index is 390. The monoisotopic (exact) mass is 192 g/mol. The van der Waals surface area contributed by atoms with E-state index in [0.29, 0.717) is 17.7 Å². The number of hydrogen-bond donors (Lipinski definition) is 1. The molecule has 3 rings (SSSR count). The molecule has 1 aromatic heterocycles. The molecular formula is C9H12N4O. The summed E-state index contributed by atoms with van der Waals surface area (Å²) in [4.78, 5) is 11.1. The second-order valence-corrected chi connectivity index (χ2v) is 4.14. The van der Waals surface area contributed by atoms with Crippen LogP contribution in [-0.4, -0.2) is 20.9 Å². The molecule has 0 saturated heterocycles. The van der Waals surface area contributed by atoms with Crippen molar-refractivity contribution in [2.45, 2.75) is 37.6 Å². The summed E-state index contributed by atoms with van der Waals surface area (Å²) in [6.07, 6.45) is 4.59. The van der Waals surface area contributed by atoms with Gasteiger partial charge in [0.2, 0.25) is 0 Å². The average molecular weight is 192 g/mol. The van der Waals surface area contributed by atoms with Crippen LogP contribution in [0.5, 0.6) is 0 Å². The van der Waals surface area contributed by atoms with Gasteiger partial charge in [0.25, 0.3) is 5.91 Å². The van der Waals surface area contributed by atoms with Crippen LogP contribution in [0.2, 0.25) is 0 Å². The molecule has 74 valence electrons. The molecule has 2 saturated carbocycles. The van der Waals surface area contributed by atoms with Crippen LogP contribution in [0, 0.1) is 0 Å². The van der Waals surface area contributed by atoms with Gasteiger partial charge in [-0.15, -0.1) is 5.10 Å². The zero-order chi connectivity index (χ0) is 9.71. The molecule has 0 aliphatic heterocycles. The number of nitrogens with zero attached hydrogens (tertiary/aromatic N) is 3. The van der Waals surface area contributed by atoms with Gasteiger partial charge in [-0.1, -0.05) is 5.21 Å². The smallest absolute Gasteiger partial charge is 0.271 e. The molecule has 2 N–H and O–H groups in total. The number of carbonyl (C=O) groups excluding carboxylic acids is 1. The molecule has 0 spiro atoms. The van der Waals surface area contributed by atoms with E-state index in [1.54, 1.807) is 0 Å². The fourth-order valence-corrected chi connectivity index (χ4v) is 1.80. The van der Waals surface area contributed by atoms with Gasteiger partial charge in [-0.05, 0) is 25.7 Å². The predicted molar refractivity (Wildman–Crippen MR) is 48.8 cm³/mol. The summed E-state index contributed by atoms with van der Waals surface area (Å²) in [5, 5.41) is 7.90. The van der Waals surface area contributed by atoms with Gasteiger partial charge in [0.1, 0.15) is 0 Å². The number of amides is 1. The van der Waals surface area contributed by atoms with Crippen LogP contribution in [0.15, 0.2) is 0 Å². The van der Waals surface area contributed by atoms with Crippen LogP contribution in [0.3, 0.4) is 0 Å². The zero-order valence-electron chi connectivity index (χ0n) is 7.81. The summed E-state index contributed by atoms with van der Waals surface area (Å²) in [6, 6.07) is 0.478. The second-order valence-electron chi connectivity index (χ2n) is 4.14. The Kier molecular flexibility index (Phi) is 1.45. The Balaban J connectivity index is 2.06. The van der Waals surface area contributed by atoms with Gasteiger partial charge in [-0.25, -0.2) is 4.68 Å². The van der Waals surface area contributed by atoms with Crippen molar-refractivity contribution >= 4 is 5.91 Å². The molecule has 0 atom stereocenters. The molecular weight excluding hydrogens is 180 g/mol. The quantitative estimate of drug-likeness (QED) is 0.761. The van der Waals surface area contributed by atoms with Crippen molar-refractivity contribution in [2.24, 2.45) is 5.73 Å². The number of hydrogen-bond acceptors (Lipinski definition) is 3. The standard InChI is InChI=1S/C9H12N4O/c10-9(14)7-8(5-1-2-5)13(12-11-7)6-3-4-6/h5-6H,1-4H2,(H2,10,14). The minimum Gasteiger partial charge on any atom is -0.364 e. The first-order chi connectivity index (χ1) is 6.77. The van der Waals surface area contributed by atoms with E-state index >= 15 is 0 Å². The number of nitrogens with two attached hydrogens (primary N) is 1. The summed E-state index contributed by atoms with van der Waals surface area (Å²) in [5.41, 5.74) is 6.63. The Morgan fingerprint density at radius 3 is 2.57 bits per heavy atom. The molecule has 0 bridgehead atoms. The lowest BCUT2D eigenvalue weighted by atomic mass is 10.2. The van der Waals surface area contributed by atoms with Crippen LogP contribution in [0.4, 0.5) is 0 Å². The minimum atomic E-state index is -0.446. The third-order valence-electron chi connectivity index (χ3n) is 2.82. The van der Waals surface area contributed by atoms with Crippen molar-refractivity contribution in [1.82, 2.24) is 15.0 Å². The zero-order valence-corrected chi connectivity index (χ0v) is 7.81. The molecule has 2 fully saturated rings. The number of primary amides is 1. The van der Waals surface area contributed by atoms with Crippen LogP contribution in [0.25, 0.3) is 0 Å². The molecule has 0 radical (unpaired) electrons. The lowest BCUT2D eigenvalue weighted by Gasteiger charge is -2.02. The highest BCUT2D eigenvalue weighted by Crippen LogP contribution is 2.45. The van der Waals surface area contributed by atoms with Gasteiger partial charge < -0.3 is 5.73 Å². The molecule has 0 aromatic carbocycles. The largest absolute Gasteiger partial charge is 0.364 e. The first-order valence-electron chi connectivity index (χ1n) is 5.02. The van der Waals surface area contributed by atoms with E-state index in [-0.39, 0.29) is 0 Å². The van der Waals surface area contributed by atoms with Crippen LogP contribution >= 0.6 is 0 Å². The molecule has 5 nitrogen and oxygen atoms in total. The van der Waals surface area contributed by atoms with E-state index in [1.165, 1.54) is 0 Å². The van der Waals surface area contributed by atoms with Crippen molar-refractivity contribution in [3.63, 3.8) is 0 Å². The minimum absolute atomic E-state index is 0.388. The van der Waals surface area contributed by atoms with Gasteiger partial charge in [0, 0.05) is 5.92 Å². The molecule has 5 heteroatoms. The van der Waals surface area contributed by atoms with Crippen LogP contribution < -0.4 is 5.73 Å². The first kappa shape index (κ1) is 7.96. The SMILES string of the molecule is NC(=O)c1nnn(C2CC2)c1C1CC1. The number of rotatable bonds is 3. The van der Waals surface area contributed by atoms with E-state index in [4.69, 9.17) is 5.73 Å². The van der Waals surface area contributed by atoms with Gasteiger partial charge in [-0.3, -0.25) is 4.79 Å². The van der Waals surface area contributed by atoms with E-state index in [9.17, 15) is 4.79 Å². The maximum Gasteiger partial charge on any atom is 0.271 e. The molecule has 1 heterocycles. The normalized spacial score (nSPS) is 21.1. The summed E-state index contributed by atoms with van der Waals surface area (Å²) < 4.78 is 1.91. The van der Waals surface area contributed by atoms with Crippen molar-refractivity contribution in [2.75, 3.05) is 0 Å². The maximum atomic E-state index is 11.1. The first-order valence-corrected chi connectivity index (χ1v) is 5.02. The Labute approximate surface area is 81.3 Å². The lowest BCUT2D eigenvalue weighted by molar-refractivity contribution is 0.0994. The summed E-state index contributed by atoms with van der Waals surface area (Å²) >= 11 is 0. The highest BCUT2D eigenvalue weighted by molar-refractivity contribution is 5.92. The third kappa shape index (κ3) is 1.12. The summed E-state index contributed by atoms with van der Waals surface area (Å²) in [7, 11) is 0. The highest BCUT2D eigenvalue weighted by Gasteiger charge is 2.37. The molecule has 1 aromatic rings. The van der Waals surface area contributed by atoms with Crippen molar-refractivity contribution in [1.29, 1.82) is 0 Å². The molecule has 2 aliphatic carbocycles. The van der Waals surface area contributed by atoms with Crippen molar-refractivity contribution < 1.29 is 4.79 Å². The summed E-state index contributed by atoms with van der Waals surface area (Å²) in [5.74, 6) is 0.0342. The third-order valence-corrected chi connectivity index (χ3v) is 2.82. The van der Waals surface area contributed by atoms with E-state index in [2.05, 4.69) is 10.3 Å².